The van der Waals surface area contributed by atoms with E-state index in [2.05, 4.69) is 31.9 Å². The van der Waals surface area contributed by atoms with Crippen molar-refractivity contribution in [2.75, 3.05) is 68.8 Å². The Bertz CT molecular complexity index is 1150. The van der Waals surface area contributed by atoms with Gasteiger partial charge in [0.2, 0.25) is 0 Å². The highest BCUT2D eigenvalue weighted by molar-refractivity contribution is 5.85. The van der Waals surface area contributed by atoms with Crippen molar-refractivity contribution in [1.82, 2.24) is 9.88 Å². The van der Waals surface area contributed by atoms with E-state index in [1.807, 2.05) is 24.3 Å². The number of hydrogen-bond donors (Lipinski definition) is 1. The highest BCUT2D eigenvalue weighted by Crippen LogP contribution is 2.32. The lowest BCUT2D eigenvalue weighted by atomic mass is 10.1. The number of benzene rings is 2. The summed E-state index contributed by atoms with van der Waals surface area (Å²) in [6, 6.07) is 13.2. The summed E-state index contributed by atoms with van der Waals surface area (Å²) in [5.74, 6) is -0.182. The number of H-pyrrole nitrogens is 1. The number of aromatic nitrogens is 1. The molecule has 2 saturated heterocycles. The molecule has 180 valence electrons. The van der Waals surface area contributed by atoms with Crippen molar-refractivity contribution >= 4 is 34.7 Å². The highest BCUT2D eigenvalue weighted by atomic mass is 35.5. The molecule has 3 aromatic rings. The second-order valence-corrected chi connectivity index (χ2v) is 8.85. The minimum atomic E-state index is -0.182. The van der Waals surface area contributed by atoms with Crippen molar-refractivity contribution in [3.63, 3.8) is 0 Å². The van der Waals surface area contributed by atoms with E-state index in [9.17, 15) is 9.65 Å². The maximum atomic E-state index is 14.0. The summed E-state index contributed by atoms with van der Waals surface area (Å²) in [6.45, 7) is 7.95. The zero-order chi connectivity index (χ0) is 22.6. The first kappa shape index (κ1) is 24.3. The molecule has 8 heteroatoms. The number of anilines is 2. The van der Waals surface area contributed by atoms with Gasteiger partial charge in [-0.15, -0.1) is 12.4 Å². The van der Waals surface area contributed by atoms with Gasteiger partial charge in [0.1, 0.15) is 5.82 Å². The van der Waals surface area contributed by atoms with Crippen molar-refractivity contribution in [3.8, 4) is 6.07 Å². The van der Waals surface area contributed by atoms with Crippen molar-refractivity contribution in [2.45, 2.75) is 12.8 Å². The van der Waals surface area contributed by atoms with Gasteiger partial charge in [-0.3, -0.25) is 4.90 Å². The van der Waals surface area contributed by atoms with Crippen LogP contribution in [0.3, 0.4) is 0 Å². The van der Waals surface area contributed by atoms with Crippen LogP contribution in [0, 0.1) is 17.1 Å². The lowest BCUT2D eigenvalue weighted by Crippen LogP contribution is -2.47. The Balaban J connectivity index is 0.00000274. The molecule has 2 fully saturated rings. The first-order chi connectivity index (χ1) is 16.2. The van der Waals surface area contributed by atoms with E-state index >= 15 is 0 Å². The van der Waals surface area contributed by atoms with E-state index in [4.69, 9.17) is 4.74 Å². The van der Waals surface area contributed by atoms with E-state index in [1.54, 1.807) is 12.1 Å². The summed E-state index contributed by atoms with van der Waals surface area (Å²) in [5, 5.41) is 10.3. The van der Waals surface area contributed by atoms with Crippen LogP contribution in [0.4, 0.5) is 15.8 Å². The monoisotopic (exact) mass is 483 g/mol. The maximum Gasteiger partial charge on any atom is 0.125 e. The molecule has 5 rings (SSSR count). The molecule has 0 radical (unpaired) electrons. The molecule has 0 saturated carbocycles. The van der Waals surface area contributed by atoms with Crippen molar-refractivity contribution < 1.29 is 9.13 Å². The number of aromatic amines is 1. The molecular formula is C26H31ClFN5O. The molecule has 0 spiro atoms. The number of rotatable bonds is 6. The SMILES string of the molecule is Cl.N#Cc1ccc2[nH]cc(CCCN3CCN(c4ccc(F)cc4N4CCOCC4)CC3)c2c1. The van der Waals surface area contributed by atoms with Crippen molar-refractivity contribution in [3.05, 3.63) is 59.5 Å². The van der Waals surface area contributed by atoms with Crippen LogP contribution in [-0.2, 0) is 11.2 Å². The molecule has 0 bridgehead atoms. The number of fused-ring (bicyclic) bond motifs is 1. The molecule has 2 aliphatic rings. The smallest absolute Gasteiger partial charge is 0.125 e. The lowest BCUT2D eigenvalue weighted by molar-refractivity contribution is 0.122. The van der Waals surface area contributed by atoms with Crippen LogP contribution in [0.5, 0.6) is 0 Å². The molecule has 2 aliphatic heterocycles. The van der Waals surface area contributed by atoms with Crippen LogP contribution in [0.2, 0.25) is 0 Å². The Hall–Kier alpha value is -2.79. The van der Waals surface area contributed by atoms with Crippen LogP contribution in [0.15, 0.2) is 42.6 Å². The average Bonchev–Trinajstić information content (AvgIpc) is 3.27. The largest absolute Gasteiger partial charge is 0.378 e. The number of piperazine rings is 1. The third-order valence-corrected chi connectivity index (χ3v) is 6.82. The Kier molecular flexibility index (Phi) is 7.94. The summed E-state index contributed by atoms with van der Waals surface area (Å²) in [4.78, 5) is 10.5. The van der Waals surface area contributed by atoms with Gasteiger partial charge in [-0.1, -0.05) is 0 Å². The fraction of sp³-hybridized carbons (Fsp3) is 0.423. The lowest BCUT2D eigenvalue weighted by Gasteiger charge is -2.39. The fourth-order valence-corrected chi connectivity index (χ4v) is 4.98. The molecular weight excluding hydrogens is 453 g/mol. The summed E-state index contributed by atoms with van der Waals surface area (Å²) in [6.07, 6.45) is 4.15. The third-order valence-electron chi connectivity index (χ3n) is 6.82. The summed E-state index contributed by atoms with van der Waals surface area (Å²) >= 11 is 0. The Labute approximate surface area is 206 Å². The minimum absolute atomic E-state index is 0. The first-order valence-electron chi connectivity index (χ1n) is 11.8. The van der Waals surface area contributed by atoms with Crippen LogP contribution >= 0.6 is 12.4 Å². The second kappa shape index (κ2) is 11.1. The molecule has 1 N–H and O–H groups in total. The number of ether oxygens (including phenoxy) is 1. The molecule has 0 atom stereocenters. The molecule has 2 aromatic carbocycles. The van der Waals surface area contributed by atoms with E-state index in [0.717, 1.165) is 80.9 Å². The third kappa shape index (κ3) is 5.30. The predicted octanol–water partition coefficient (Wildman–Crippen LogP) is 4.19. The molecule has 0 amide bonds. The number of hydrogen-bond acceptors (Lipinski definition) is 5. The van der Waals surface area contributed by atoms with Gasteiger partial charge in [0, 0.05) is 56.4 Å². The Morgan fingerprint density at radius 1 is 0.941 bits per heavy atom. The normalized spacial score (nSPS) is 16.9. The zero-order valence-corrected chi connectivity index (χ0v) is 20.1. The topological polar surface area (TPSA) is 58.5 Å². The van der Waals surface area contributed by atoms with Gasteiger partial charge >= 0.3 is 0 Å². The van der Waals surface area contributed by atoms with E-state index in [0.29, 0.717) is 18.8 Å². The minimum Gasteiger partial charge on any atom is -0.378 e. The van der Waals surface area contributed by atoms with Crippen LogP contribution < -0.4 is 9.80 Å². The van der Waals surface area contributed by atoms with Gasteiger partial charge in [0.25, 0.3) is 0 Å². The first-order valence-corrected chi connectivity index (χ1v) is 11.8. The highest BCUT2D eigenvalue weighted by Gasteiger charge is 2.23. The average molecular weight is 484 g/mol. The number of aryl methyl sites for hydroxylation is 1. The standard InChI is InChI=1S/C26H30FN5O.ClH/c27-22-4-6-25(26(17-22)32-12-14-33-15-13-32)31-10-8-30(9-11-31)7-1-2-21-19-29-24-5-3-20(18-28)16-23(21)24;/h3-6,16-17,19,29H,1-2,7-15H2;1H. The molecule has 34 heavy (non-hydrogen) atoms. The quantitative estimate of drug-likeness (QED) is 0.569. The van der Waals surface area contributed by atoms with Gasteiger partial charge in [-0.25, -0.2) is 4.39 Å². The molecule has 0 aliphatic carbocycles. The van der Waals surface area contributed by atoms with Crippen molar-refractivity contribution in [2.24, 2.45) is 0 Å². The second-order valence-electron chi connectivity index (χ2n) is 8.85. The molecule has 1 aromatic heterocycles. The van der Waals surface area contributed by atoms with Gasteiger partial charge in [0.05, 0.1) is 36.2 Å². The summed E-state index contributed by atoms with van der Waals surface area (Å²) < 4.78 is 19.5. The number of morpholine rings is 1. The number of nitrogens with zero attached hydrogens (tertiary/aromatic N) is 4. The number of nitriles is 1. The van der Waals surface area contributed by atoms with Gasteiger partial charge in [-0.2, -0.15) is 5.26 Å². The summed E-state index contributed by atoms with van der Waals surface area (Å²) in [7, 11) is 0. The van der Waals surface area contributed by atoms with Crippen LogP contribution in [0.25, 0.3) is 10.9 Å². The zero-order valence-electron chi connectivity index (χ0n) is 19.3. The Morgan fingerprint density at radius 3 is 2.47 bits per heavy atom. The number of halogens is 2. The van der Waals surface area contributed by atoms with Crippen molar-refractivity contribution in [1.29, 1.82) is 5.26 Å². The van der Waals surface area contributed by atoms with E-state index in [-0.39, 0.29) is 18.2 Å². The van der Waals surface area contributed by atoms with Crippen LogP contribution in [0.1, 0.15) is 17.5 Å². The van der Waals surface area contributed by atoms with Crippen LogP contribution in [-0.4, -0.2) is 68.9 Å². The molecule has 6 nitrogen and oxygen atoms in total. The molecule has 0 unspecified atom stereocenters. The van der Waals surface area contributed by atoms with E-state index in [1.165, 1.54) is 5.56 Å². The summed E-state index contributed by atoms with van der Waals surface area (Å²) in [5.41, 5.74) is 5.19. The van der Waals surface area contributed by atoms with Gasteiger partial charge < -0.3 is 19.5 Å². The van der Waals surface area contributed by atoms with Gasteiger partial charge in [-0.05, 0) is 61.3 Å². The van der Waals surface area contributed by atoms with E-state index < -0.39 is 0 Å². The fourth-order valence-electron chi connectivity index (χ4n) is 4.98. The molecule has 3 heterocycles. The van der Waals surface area contributed by atoms with Gasteiger partial charge in [0.15, 0.2) is 0 Å². The predicted molar refractivity (Wildman–Crippen MR) is 137 cm³/mol. The number of nitrogens with one attached hydrogen (secondary N) is 1. The Morgan fingerprint density at radius 2 is 1.71 bits per heavy atom. The maximum absolute atomic E-state index is 14.0.